The lowest BCUT2D eigenvalue weighted by Gasteiger charge is -2.08. The Morgan fingerprint density at radius 1 is 1.56 bits per heavy atom. The quantitative estimate of drug-likeness (QED) is 0.463. The highest BCUT2D eigenvalue weighted by Crippen LogP contribution is 2.29. The van der Waals surface area contributed by atoms with Crippen molar-refractivity contribution in [3.05, 3.63) is 33.9 Å². The van der Waals surface area contributed by atoms with E-state index in [9.17, 15) is 15.2 Å². The summed E-state index contributed by atoms with van der Waals surface area (Å²) in [4.78, 5) is 11.0. The fourth-order valence-corrected chi connectivity index (χ4v) is 2.17. The SMILES string of the molecule is Cc1c(SCC(O)CO)cccc1[N+](=O)[O-]. The van der Waals surface area contributed by atoms with Crippen molar-refractivity contribution in [3.8, 4) is 0 Å². The van der Waals surface area contributed by atoms with Crippen molar-refractivity contribution in [1.82, 2.24) is 0 Å². The molecule has 2 N–H and O–H groups in total. The van der Waals surface area contributed by atoms with E-state index in [1.807, 2.05) is 0 Å². The summed E-state index contributed by atoms with van der Waals surface area (Å²) in [6.45, 7) is 1.37. The molecule has 0 aliphatic rings. The van der Waals surface area contributed by atoms with Crippen LogP contribution in [0.1, 0.15) is 5.56 Å². The number of nitrogens with zero attached hydrogens (tertiary/aromatic N) is 1. The number of rotatable bonds is 5. The normalized spacial score (nSPS) is 12.4. The third kappa shape index (κ3) is 3.19. The van der Waals surface area contributed by atoms with Gasteiger partial charge in [-0.1, -0.05) is 6.07 Å². The van der Waals surface area contributed by atoms with Gasteiger partial charge in [-0.15, -0.1) is 11.8 Å². The topological polar surface area (TPSA) is 83.6 Å². The molecule has 5 nitrogen and oxygen atoms in total. The van der Waals surface area contributed by atoms with Crippen molar-refractivity contribution in [1.29, 1.82) is 0 Å². The van der Waals surface area contributed by atoms with Crippen LogP contribution in [-0.2, 0) is 0 Å². The van der Waals surface area contributed by atoms with Crippen LogP contribution in [0.4, 0.5) is 5.69 Å². The van der Waals surface area contributed by atoms with E-state index in [1.165, 1.54) is 17.8 Å². The average molecular weight is 243 g/mol. The second-order valence-corrected chi connectivity index (χ2v) is 4.37. The summed E-state index contributed by atoms with van der Waals surface area (Å²) in [5.41, 5.74) is 0.658. The second-order valence-electron chi connectivity index (χ2n) is 3.30. The summed E-state index contributed by atoms with van der Waals surface area (Å²) in [6.07, 6.45) is -0.802. The predicted octanol–water partition coefficient (Wildman–Crippen LogP) is 1.35. The number of nitro benzene ring substituents is 1. The highest BCUT2D eigenvalue weighted by atomic mass is 32.2. The van der Waals surface area contributed by atoms with E-state index in [0.717, 1.165) is 4.90 Å². The van der Waals surface area contributed by atoms with Gasteiger partial charge >= 0.3 is 0 Å². The van der Waals surface area contributed by atoms with Crippen LogP contribution < -0.4 is 0 Å². The lowest BCUT2D eigenvalue weighted by Crippen LogP contribution is -2.14. The fourth-order valence-electron chi connectivity index (χ4n) is 1.20. The molecule has 0 heterocycles. The molecule has 0 aliphatic heterocycles. The van der Waals surface area contributed by atoms with Gasteiger partial charge in [-0.3, -0.25) is 10.1 Å². The first-order valence-corrected chi connectivity index (χ1v) is 5.70. The molecule has 0 saturated heterocycles. The minimum atomic E-state index is -0.802. The molecule has 1 rings (SSSR count). The van der Waals surface area contributed by atoms with E-state index in [-0.39, 0.29) is 12.3 Å². The maximum absolute atomic E-state index is 10.7. The average Bonchev–Trinajstić information content (AvgIpc) is 2.26. The first kappa shape index (κ1) is 13.0. The van der Waals surface area contributed by atoms with Gasteiger partial charge in [0.2, 0.25) is 0 Å². The van der Waals surface area contributed by atoms with Crippen molar-refractivity contribution in [2.75, 3.05) is 12.4 Å². The zero-order valence-corrected chi connectivity index (χ0v) is 9.61. The monoisotopic (exact) mass is 243 g/mol. The zero-order chi connectivity index (χ0) is 12.1. The van der Waals surface area contributed by atoms with Crippen molar-refractivity contribution in [2.45, 2.75) is 17.9 Å². The van der Waals surface area contributed by atoms with Crippen LogP contribution in [0.3, 0.4) is 0 Å². The first-order chi connectivity index (χ1) is 7.56. The van der Waals surface area contributed by atoms with Crippen LogP contribution in [-0.4, -0.2) is 33.6 Å². The summed E-state index contributed by atoms with van der Waals surface area (Å²) in [5, 5.41) is 28.5. The molecule has 0 spiro atoms. The van der Waals surface area contributed by atoms with Gasteiger partial charge in [0, 0.05) is 22.3 Å². The number of hydrogen-bond acceptors (Lipinski definition) is 5. The summed E-state index contributed by atoms with van der Waals surface area (Å²) < 4.78 is 0. The van der Waals surface area contributed by atoms with Gasteiger partial charge in [0.25, 0.3) is 5.69 Å². The highest BCUT2D eigenvalue weighted by Gasteiger charge is 2.14. The lowest BCUT2D eigenvalue weighted by molar-refractivity contribution is -0.385. The number of thioether (sulfide) groups is 1. The van der Waals surface area contributed by atoms with Gasteiger partial charge in [-0.05, 0) is 13.0 Å². The van der Waals surface area contributed by atoms with Crippen LogP contribution in [0.5, 0.6) is 0 Å². The maximum atomic E-state index is 10.7. The Balaban J connectivity index is 2.81. The Morgan fingerprint density at radius 3 is 2.81 bits per heavy atom. The number of aliphatic hydroxyl groups excluding tert-OH is 2. The molecule has 0 saturated carbocycles. The molecular weight excluding hydrogens is 230 g/mol. The summed E-state index contributed by atoms with van der Waals surface area (Å²) in [6, 6.07) is 4.82. The van der Waals surface area contributed by atoms with Crippen LogP contribution in [0.15, 0.2) is 23.1 Å². The van der Waals surface area contributed by atoms with Gasteiger partial charge in [0.15, 0.2) is 0 Å². The van der Waals surface area contributed by atoms with E-state index in [2.05, 4.69) is 0 Å². The molecule has 16 heavy (non-hydrogen) atoms. The standard InChI is InChI=1S/C10H13NO4S/c1-7-9(11(14)15)3-2-4-10(7)16-6-8(13)5-12/h2-4,8,12-13H,5-6H2,1H3. The van der Waals surface area contributed by atoms with Crippen molar-refractivity contribution >= 4 is 17.4 Å². The van der Waals surface area contributed by atoms with E-state index < -0.39 is 11.0 Å². The molecule has 0 fully saturated rings. The van der Waals surface area contributed by atoms with E-state index in [4.69, 9.17) is 5.11 Å². The lowest BCUT2D eigenvalue weighted by atomic mass is 10.2. The molecule has 1 atom stereocenters. The Morgan fingerprint density at radius 2 is 2.25 bits per heavy atom. The zero-order valence-electron chi connectivity index (χ0n) is 8.79. The molecular formula is C10H13NO4S. The van der Waals surface area contributed by atoms with E-state index >= 15 is 0 Å². The summed E-state index contributed by atoms with van der Waals surface area (Å²) in [5.74, 6) is 0.318. The van der Waals surface area contributed by atoms with Crippen LogP contribution in [0.2, 0.25) is 0 Å². The minimum absolute atomic E-state index is 0.0727. The number of aliphatic hydroxyl groups is 2. The summed E-state index contributed by atoms with van der Waals surface area (Å²) >= 11 is 1.30. The predicted molar refractivity (Wildman–Crippen MR) is 61.7 cm³/mol. The Hall–Kier alpha value is -1.11. The molecule has 0 radical (unpaired) electrons. The Bertz CT molecular complexity index is 383. The third-order valence-electron chi connectivity index (χ3n) is 2.09. The molecule has 1 aromatic rings. The second kappa shape index (κ2) is 5.83. The Labute approximate surface area is 97.3 Å². The van der Waals surface area contributed by atoms with Crippen molar-refractivity contribution in [2.24, 2.45) is 0 Å². The smallest absolute Gasteiger partial charge is 0.273 e. The van der Waals surface area contributed by atoms with Crippen molar-refractivity contribution in [3.63, 3.8) is 0 Å². The molecule has 0 aliphatic carbocycles. The Kier molecular flexibility index (Phi) is 4.72. The highest BCUT2D eigenvalue weighted by molar-refractivity contribution is 7.99. The van der Waals surface area contributed by atoms with E-state index in [1.54, 1.807) is 19.1 Å². The van der Waals surface area contributed by atoms with Crippen LogP contribution >= 0.6 is 11.8 Å². The number of nitro groups is 1. The van der Waals surface area contributed by atoms with Crippen LogP contribution in [0.25, 0.3) is 0 Å². The van der Waals surface area contributed by atoms with Crippen LogP contribution in [0, 0.1) is 17.0 Å². The van der Waals surface area contributed by atoms with Gasteiger partial charge < -0.3 is 10.2 Å². The molecule has 6 heteroatoms. The van der Waals surface area contributed by atoms with Crippen molar-refractivity contribution < 1.29 is 15.1 Å². The molecule has 0 aromatic heterocycles. The first-order valence-electron chi connectivity index (χ1n) is 4.72. The maximum Gasteiger partial charge on any atom is 0.273 e. The van der Waals surface area contributed by atoms with Gasteiger partial charge in [0.1, 0.15) is 0 Å². The molecule has 0 amide bonds. The fraction of sp³-hybridized carbons (Fsp3) is 0.400. The molecule has 1 aromatic carbocycles. The van der Waals surface area contributed by atoms with Gasteiger partial charge in [0.05, 0.1) is 17.6 Å². The largest absolute Gasteiger partial charge is 0.394 e. The van der Waals surface area contributed by atoms with Gasteiger partial charge in [-0.25, -0.2) is 0 Å². The number of benzene rings is 1. The minimum Gasteiger partial charge on any atom is -0.394 e. The molecule has 88 valence electrons. The molecule has 0 bridgehead atoms. The van der Waals surface area contributed by atoms with Gasteiger partial charge in [-0.2, -0.15) is 0 Å². The van der Waals surface area contributed by atoms with E-state index in [0.29, 0.717) is 11.3 Å². The number of hydrogen-bond donors (Lipinski definition) is 2. The third-order valence-corrected chi connectivity index (χ3v) is 3.40. The summed E-state index contributed by atoms with van der Waals surface area (Å²) in [7, 11) is 0. The molecule has 1 unspecified atom stereocenters.